The molecule has 2 rings (SSSR count). The highest BCUT2D eigenvalue weighted by atomic mass is 16.6. The van der Waals surface area contributed by atoms with E-state index in [1.54, 1.807) is 11.6 Å². The Morgan fingerprint density at radius 1 is 1.39 bits per heavy atom. The normalized spacial score (nSPS) is 10.8. The van der Waals surface area contributed by atoms with Crippen molar-refractivity contribution >= 4 is 11.5 Å². The predicted octanol–water partition coefficient (Wildman–Crippen LogP) is 0.772. The molecule has 18 heavy (non-hydrogen) atoms. The molecule has 0 spiro atoms. The van der Waals surface area contributed by atoms with Crippen molar-refractivity contribution in [3.05, 3.63) is 33.3 Å². The highest BCUT2D eigenvalue weighted by Gasteiger charge is 2.23. The van der Waals surface area contributed by atoms with Gasteiger partial charge in [-0.2, -0.15) is 10.2 Å². The lowest BCUT2D eigenvalue weighted by atomic mass is 10.2. The molecule has 0 aliphatic rings. The maximum absolute atomic E-state index is 10.8. The second kappa shape index (κ2) is 4.13. The number of hydrogen-bond donors (Lipinski definition) is 1. The first-order valence-corrected chi connectivity index (χ1v) is 5.36. The number of aryl methyl sites for hydroxylation is 3. The van der Waals surface area contributed by atoms with Crippen LogP contribution in [0.3, 0.4) is 0 Å². The number of nitrogen functional groups attached to an aromatic ring is 1. The third kappa shape index (κ3) is 1.92. The van der Waals surface area contributed by atoms with Gasteiger partial charge >= 0.3 is 5.69 Å². The molecule has 0 bridgehead atoms. The molecular formula is C10H14N6O2. The lowest BCUT2D eigenvalue weighted by molar-refractivity contribution is -0.384. The van der Waals surface area contributed by atoms with Crippen LogP contribution in [0, 0.1) is 24.0 Å². The van der Waals surface area contributed by atoms with Gasteiger partial charge in [-0.25, -0.2) is 4.68 Å². The lowest BCUT2D eigenvalue weighted by Crippen LogP contribution is -2.07. The molecule has 2 aromatic rings. The van der Waals surface area contributed by atoms with E-state index in [2.05, 4.69) is 10.2 Å². The van der Waals surface area contributed by atoms with Crippen LogP contribution in [0.1, 0.15) is 17.0 Å². The monoisotopic (exact) mass is 250 g/mol. The molecule has 2 N–H and O–H groups in total. The van der Waals surface area contributed by atoms with Gasteiger partial charge in [-0.05, 0) is 13.8 Å². The minimum Gasteiger partial charge on any atom is -0.378 e. The summed E-state index contributed by atoms with van der Waals surface area (Å²) in [4.78, 5) is 10.3. The summed E-state index contributed by atoms with van der Waals surface area (Å²) in [5, 5.41) is 19.1. The molecule has 0 atom stereocenters. The molecule has 0 saturated heterocycles. The first-order chi connectivity index (χ1) is 8.40. The summed E-state index contributed by atoms with van der Waals surface area (Å²) < 4.78 is 3.11. The second-order valence-corrected chi connectivity index (χ2v) is 4.15. The molecule has 2 aromatic heterocycles. The molecule has 0 aromatic carbocycles. The minimum atomic E-state index is -0.510. The molecule has 0 amide bonds. The fourth-order valence-corrected chi connectivity index (χ4v) is 1.90. The zero-order chi connectivity index (χ0) is 13.4. The molecule has 0 unspecified atom stereocenters. The van der Waals surface area contributed by atoms with Crippen LogP contribution in [-0.4, -0.2) is 24.5 Å². The molecule has 0 aliphatic heterocycles. The first kappa shape index (κ1) is 12.1. The number of nitro groups is 1. The van der Waals surface area contributed by atoms with E-state index in [1.165, 1.54) is 4.68 Å². The van der Waals surface area contributed by atoms with Crippen molar-refractivity contribution in [3.63, 3.8) is 0 Å². The standard InChI is InChI=1S/C10H14N6O2/c1-6-8(4-14(3)12-6)5-15-10(11)9(16(17)18)7(2)13-15/h4H,5,11H2,1-3H3. The minimum absolute atomic E-state index is 0.0701. The van der Waals surface area contributed by atoms with E-state index in [-0.39, 0.29) is 11.5 Å². The fourth-order valence-electron chi connectivity index (χ4n) is 1.90. The maximum atomic E-state index is 10.8. The molecule has 0 radical (unpaired) electrons. The van der Waals surface area contributed by atoms with Crippen LogP contribution >= 0.6 is 0 Å². The van der Waals surface area contributed by atoms with E-state index < -0.39 is 4.92 Å². The van der Waals surface area contributed by atoms with Gasteiger partial charge in [-0.3, -0.25) is 14.8 Å². The highest BCUT2D eigenvalue weighted by molar-refractivity contribution is 5.56. The van der Waals surface area contributed by atoms with E-state index in [0.717, 1.165) is 11.3 Å². The van der Waals surface area contributed by atoms with Gasteiger partial charge in [0.15, 0.2) is 0 Å². The molecule has 8 nitrogen and oxygen atoms in total. The van der Waals surface area contributed by atoms with Crippen LogP contribution < -0.4 is 5.73 Å². The van der Waals surface area contributed by atoms with Crippen molar-refractivity contribution in [1.82, 2.24) is 19.6 Å². The summed E-state index contributed by atoms with van der Waals surface area (Å²) in [6, 6.07) is 0. The number of rotatable bonds is 3. The van der Waals surface area contributed by atoms with Gasteiger partial charge in [-0.15, -0.1) is 0 Å². The van der Waals surface area contributed by atoms with Gasteiger partial charge in [0.2, 0.25) is 5.82 Å². The molecular weight excluding hydrogens is 236 g/mol. The summed E-state index contributed by atoms with van der Waals surface area (Å²) in [6.07, 6.45) is 1.84. The van der Waals surface area contributed by atoms with Crippen LogP contribution in [0.5, 0.6) is 0 Å². The summed E-state index contributed by atoms with van der Waals surface area (Å²) >= 11 is 0. The summed E-state index contributed by atoms with van der Waals surface area (Å²) in [5.41, 5.74) is 7.72. The van der Waals surface area contributed by atoms with E-state index in [9.17, 15) is 10.1 Å². The van der Waals surface area contributed by atoms with Gasteiger partial charge in [0.25, 0.3) is 0 Å². The second-order valence-electron chi connectivity index (χ2n) is 4.15. The molecule has 2 heterocycles. The predicted molar refractivity (Wildman–Crippen MR) is 65.1 cm³/mol. The summed E-state index contributed by atoms with van der Waals surface area (Å²) in [6.45, 7) is 3.82. The van der Waals surface area contributed by atoms with Crippen molar-refractivity contribution in [3.8, 4) is 0 Å². The third-order valence-corrected chi connectivity index (χ3v) is 2.75. The number of nitrogens with two attached hydrogens (primary N) is 1. The van der Waals surface area contributed by atoms with E-state index in [0.29, 0.717) is 12.2 Å². The van der Waals surface area contributed by atoms with Crippen LogP contribution in [0.15, 0.2) is 6.20 Å². The van der Waals surface area contributed by atoms with Gasteiger partial charge < -0.3 is 5.73 Å². The van der Waals surface area contributed by atoms with Crippen LogP contribution in [0.4, 0.5) is 11.5 Å². The SMILES string of the molecule is Cc1nn(C)cc1Cn1nc(C)c([N+](=O)[O-])c1N. The first-order valence-electron chi connectivity index (χ1n) is 5.36. The van der Waals surface area contributed by atoms with Crippen molar-refractivity contribution in [2.24, 2.45) is 7.05 Å². The maximum Gasteiger partial charge on any atom is 0.333 e. The molecule has 0 saturated carbocycles. The quantitative estimate of drug-likeness (QED) is 0.640. The fraction of sp³-hybridized carbons (Fsp3) is 0.400. The Morgan fingerprint density at radius 3 is 2.50 bits per heavy atom. The van der Waals surface area contributed by atoms with Gasteiger partial charge in [0.05, 0.1) is 17.2 Å². The molecule has 0 aliphatic carbocycles. The van der Waals surface area contributed by atoms with Crippen molar-refractivity contribution in [1.29, 1.82) is 0 Å². The van der Waals surface area contributed by atoms with E-state index in [4.69, 9.17) is 5.73 Å². The van der Waals surface area contributed by atoms with Crippen molar-refractivity contribution in [2.45, 2.75) is 20.4 Å². The zero-order valence-electron chi connectivity index (χ0n) is 10.4. The largest absolute Gasteiger partial charge is 0.378 e. The lowest BCUT2D eigenvalue weighted by Gasteiger charge is -2.01. The average molecular weight is 250 g/mol. The highest BCUT2D eigenvalue weighted by Crippen LogP contribution is 2.25. The Bertz CT molecular complexity index is 612. The number of nitrogens with zero attached hydrogens (tertiary/aromatic N) is 5. The summed E-state index contributed by atoms with van der Waals surface area (Å²) in [7, 11) is 1.82. The van der Waals surface area contributed by atoms with Gasteiger partial charge in [0.1, 0.15) is 5.69 Å². The third-order valence-electron chi connectivity index (χ3n) is 2.75. The van der Waals surface area contributed by atoms with Gasteiger partial charge in [0, 0.05) is 18.8 Å². The Kier molecular flexibility index (Phi) is 2.77. The van der Waals surface area contributed by atoms with Crippen molar-refractivity contribution in [2.75, 3.05) is 5.73 Å². The Labute approximate surface area is 103 Å². The molecule has 0 fully saturated rings. The Hall–Kier alpha value is -2.38. The smallest absolute Gasteiger partial charge is 0.333 e. The van der Waals surface area contributed by atoms with Crippen LogP contribution in [0.25, 0.3) is 0 Å². The Balaban J connectivity index is 2.39. The van der Waals surface area contributed by atoms with E-state index >= 15 is 0 Å². The average Bonchev–Trinajstić information content (AvgIpc) is 2.69. The molecule has 96 valence electrons. The summed E-state index contributed by atoms with van der Waals surface area (Å²) in [5.74, 6) is 0.0701. The molecule has 8 heteroatoms. The van der Waals surface area contributed by atoms with Crippen LogP contribution in [-0.2, 0) is 13.6 Å². The number of anilines is 1. The van der Waals surface area contributed by atoms with Gasteiger partial charge in [-0.1, -0.05) is 0 Å². The van der Waals surface area contributed by atoms with Crippen molar-refractivity contribution < 1.29 is 4.92 Å². The number of hydrogen-bond acceptors (Lipinski definition) is 5. The Morgan fingerprint density at radius 2 is 2.06 bits per heavy atom. The topological polar surface area (TPSA) is 105 Å². The zero-order valence-corrected chi connectivity index (χ0v) is 10.4. The van der Waals surface area contributed by atoms with E-state index in [1.807, 2.05) is 20.2 Å². The number of aromatic nitrogens is 4. The van der Waals surface area contributed by atoms with Crippen LogP contribution in [0.2, 0.25) is 0 Å².